The van der Waals surface area contributed by atoms with Crippen LogP contribution in [0.25, 0.3) is 133 Å². The van der Waals surface area contributed by atoms with Crippen molar-refractivity contribution in [2.45, 2.75) is 0 Å². The number of fused-ring (bicyclic) bond motifs is 13. The quantitative estimate of drug-likeness (QED) is 0.160. The van der Waals surface area contributed by atoms with Crippen LogP contribution in [0, 0.1) is 0 Å². The van der Waals surface area contributed by atoms with Gasteiger partial charge in [0, 0.05) is 66.2 Å². The van der Waals surface area contributed by atoms with E-state index in [-0.39, 0.29) is 0 Å². The summed E-state index contributed by atoms with van der Waals surface area (Å²) in [4.78, 5) is 0. The molecule has 0 aliphatic rings. The molecule has 15 aromatic rings. The van der Waals surface area contributed by atoms with Gasteiger partial charge in [0.15, 0.2) is 11.6 Å². The summed E-state index contributed by atoms with van der Waals surface area (Å²) in [6, 6.07) is 91.6. The van der Waals surface area contributed by atoms with Crippen LogP contribution < -0.4 is 0 Å². The lowest BCUT2D eigenvalue weighted by atomic mass is 10.0. The molecule has 0 saturated heterocycles. The molecule has 4 aromatic heterocycles. The van der Waals surface area contributed by atoms with Gasteiger partial charge in [-0.25, -0.2) is 0 Å². The van der Waals surface area contributed by atoms with Gasteiger partial charge in [0.05, 0.1) is 33.1 Å². The predicted molar refractivity (Wildman–Crippen MR) is 298 cm³/mol. The van der Waals surface area contributed by atoms with E-state index in [0.29, 0.717) is 0 Å². The van der Waals surface area contributed by atoms with Gasteiger partial charge in [-0.1, -0.05) is 176 Å². The van der Waals surface area contributed by atoms with Crippen LogP contribution in [0.1, 0.15) is 0 Å². The van der Waals surface area contributed by atoms with Crippen molar-refractivity contribution < 1.29 is 0 Å². The van der Waals surface area contributed by atoms with Gasteiger partial charge in [0.1, 0.15) is 0 Å². The molecule has 336 valence electrons. The normalized spacial score (nSPS) is 11.9. The molecule has 0 saturated carbocycles. The van der Waals surface area contributed by atoms with Gasteiger partial charge in [-0.05, 0) is 101 Å². The molecule has 6 nitrogen and oxygen atoms in total. The molecule has 0 unspecified atom stereocenters. The molecule has 11 aromatic carbocycles. The Hall–Kier alpha value is -9.78. The van der Waals surface area contributed by atoms with Gasteiger partial charge >= 0.3 is 0 Å². The third-order valence-corrected chi connectivity index (χ3v) is 14.7. The molecule has 72 heavy (non-hydrogen) atoms. The Labute approximate surface area is 414 Å². The van der Waals surface area contributed by atoms with Crippen LogP contribution >= 0.6 is 0 Å². The number of aromatic nitrogens is 6. The van der Waals surface area contributed by atoms with Crippen LogP contribution in [0.4, 0.5) is 0 Å². The third kappa shape index (κ3) is 5.90. The van der Waals surface area contributed by atoms with Crippen LogP contribution in [-0.2, 0) is 0 Å². The highest BCUT2D eigenvalue weighted by Crippen LogP contribution is 2.50. The number of rotatable bonds is 7. The minimum atomic E-state index is 0.765. The zero-order valence-corrected chi connectivity index (χ0v) is 38.9. The number of nitrogens with zero attached hydrogens (tertiary/aromatic N) is 6. The monoisotopic (exact) mass is 918 g/mol. The van der Waals surface area contributed by atoms with Crippen LogP contribution in [0.5, 0.6) is 0 Å². The molecular formula is C66H42N6. The third-order valence-electron chi connectivity index (χ3n) is 14.7. The second kappa shape index (κ2) is 15.9. The largest absolute Gasteiger partial charge is 0.308 e. The SMILES string of the molecule is c1ccc(-c2ccc(-n3c(-c4ccc(-n5c6ccccc6c6c7c(c8ccccc8n7-c7ccccc7)c7c(c8ccccc8n7-c7ccccc7)c65)cc4)nnc3-c3cccc4ccccc34)cc2)cc1. The molecule has 6 heteroatoms. The van der Waals surface area contributed by atoms with Crippen molar-refractivity contribution in [1.82, 2.24) is 28.5 Å². The highest BCUT2D eigenvalue weighted by Gasteiger charge is 2.29. The van der Waals surface area contributed by atoms with Crippen molar-refractivity contribution in [2.24, 2.45) is 0 Å². The average molecular weight is 919 g/mol. The molecule has 0 atom stereocenters. The van der Waals surface area contributed by atoms with Gasteiger partial charge in [-0.2, -0.15) is 0 Å². The van der Waals surface area contributed by atoms with Gasteiger partial charge in [-0.3, -0.25) is 4.57 Å². The van der Waals surface area contributed by atoms with Crippen LogP contribution in [-0.4, -0.2) is 28.5 Å². The summed E-state index contributed by atoms with van der Waals surface area (Å²) in [5, 5.41) is 19.6. The average Bonchev–Trinajstić information content (AvgIpc) is 4.22. The highest BCUT2D eigenvalue weighted by molar-refractivity contribution is 6.40. The van der Waals surface area contributed by atoms with E-state index in [2.05, 4.69) is 273 Å². The minimum Gasteiger partial charge on any atom is -0.308 e. The summed E-state index contributed by atoms with van der Waals surface area (Å²) >= 11 is 0. The summed E-state index contributed by atoms with van der Waals surface area (Å²) in [6.45, 7) is 0. The van der Waals surface area contributed by atoms with Crippen molar-refractivity contribution in [3.63, 3.8) is 0 Å². The molecule has 0 fully saturated rings. The first kappa shape index (κ1) is 40.1. The Bertz CT molecular complexity index is 4500. The minimum absolute atomic E-state index is 0.765. The molecule has 0 spiro atoms. The predicted octanol–water partition coefficient (Wildman–Crippen LogP) is 16.7. The van der Waals surface area contributed by atoms with E-state index < -0.39 is 0 Å². The van der Waals surface area contributed by atoms with Gasteiger partial charge in [-0.15, -0.1) is 10.2 Å². The summed E-state index contributed by atoms with van der Waals surface area (Å²) in [7, 11) is 0. The lowest BCUT2D eigenvalue weighted by Crippen LogP contribution is -2.01. The first-order valence-electron chi connectivity index (χ1n) is 24.5. The van der Waals surface area contributed by atoms with E-state index in [1.165, 1.54) is 54.4 Å². The molecule has 0 bridgehead atoms. The molecule has 15 rings (SSSR count). The van der Waals surface area contributed by atoms with Gasteiger partial charge in [0.2, 0.25) is 0 Å². The number of hydrogen-bond acceptors (Lipinski definition) is 2. The Morgan fingerprint density at radius 2 is 0.597 bits per heavy atom. The zero-order valence-electron chi connectivity index (χ0n) is 38.9. The smallest absolute Gasteiger partial charge is 0.169 e. The number of hydrogen-bond donors (Lipinski definition) is 0. The first-order chi connectivity index (χ1) is 35.8. The summed E-state index contributed by atoms with van der Waals surface area (Å²) in [6.07, 6.45) is 0. The maximum atomic E-state index is 5.02. The summed E-state index contributed by atoms with van der Waals surface area (Å²) in [5.74, 6) is 1.55. The fourth-order valence-electron chi connectivity index (χ4n) is 11.6. The Kier molecular flexibility index (Phi) is 8.86. The van der Waals surface area contributed by atoms with Crippen molar-refractivity contribution in [3.05, 3.63) is 255 Å². The van der Waals surface area contributed by atoms with Crippen LogP contribution in [0.15, 0.2) is 255 Å². The maximum Gasteiger partial charge on any atom is 0.169 e. The lowest BCUT2D eigenvalue weighted by Gasteiger charge is -2.15. The lowest BCUT2D eigenvalue weighted by molar-refractivity contribution is 1.07. The molecular weight excluding hydrogens is 877 g/mol. The van der Waals surface area contributed by atoms with E-state index >= 15 is 0 Å². The summed E-state index contributed by atoms with van der Waals surface area (Å²) in [5.41, 5.74) is 15.6. The van der Waals surface area contributed by atoms with Gasteiger partial charge in [0.25, 0.3) is 0 Å². The molecule has 0 amide bonds. The van der Waals surface area contributed by atoms with Crippen LogP contribution in [0.2, 0.25) is 0 Å². The number of para-hydroxylation sites is 5. The van der Waals surface area contributed by atoms with Crippen LogP contribution in [0.3, 0.4) is 0 Å². The Balaban J connectivity index is 1.02. The van der Waals surface area contributed by atoms with E-state index in [1.54, 1.807) is 0 Å². The van der Waals surface area contributed by atoms with E-state index in [0.717, 1.165) is 78.4 Å². The second-order valence-corrected chi connectivity index (χ2v) is 18.6. The molecule has 0 N–H and O–H groups in total. The second-order valence-electron chi connectivity index (χ2n) is 18.6. The number of benzene rings is 11. The molecule has 0 radical (unpaired) electrons. The molecule has 4 heterocycles. The zero-order chi connectivity index (χ0) is 47.3. The fraction of sp³-hybridized carbons (Fsp3) is 0. The standard InChI is InChI=1S/C66H42N6/c1-4-19-43(20-5-1)44-35-39-50(40-36-44)72-65(67-68-66(72)52-31-18-22-45-21-10-11-27-51(45)52)46-37-41-49(42-38-46)71-58-34-17-14-30-55(58)61-63-59(53-28-12-15-32-56(53)69(63)47-23-6-2-7-24-47)62-60(64(61)71)54-29-13-16-33-57(54)70(62)48-25-8-3-9-26-48/h1-42H. The molecule has 0 aliphatic carbocycles. The van der Waals surface area contributed by atoms with Crippen molar-refractivity contribution in [2.75, 3.05) is 0 Å². The highest BCUT2D eigenvalue weighted by atomic mass is 15.3. The van der Waals surface area contributed by atoms with E-state index in [1.807, 2.05) is 0 Å². The molecule has 0 aliphatic heterocycles. The fourth-order valence-corrected chi connectivity index (χ4v) is 11.6. The van der Waals surface area contributed by atoms with Crippen molar-refractivity contribution >= 4 is 76.2 Å². The van der Waals surface area contributed by atoms with E-state index in [9.17, 15) is 0 Å². The van der Waals surface area contributed by atoms with Crippen molar-refractivity contribution in [1.29, 1.82) is 0 Å². The van der Waals surface area contributed by atoms with Crippen molar-refractivity contribution in [3.8, 4) is 56.7 Å². The van der Waals surface area contributed by atoms with Gasteiger partial charge < -0.3 is 13.7 Å². The topological polar surface area (TPSA) is 45.5 Å². The Morgan fingerprint density at radius 1 is 0.236 bits per heavy atom. The summed E-state index contributed by atoms with van der Waals surface area (Å²) < 4.78 is 9.70. The Morgan fingerprint density at radius 3 is 1.11 bits per heavy atom. The maximum absolute atomic E-state index is 5.02. The first-order valence-corrected chi connectivity index (χ1v) is 24.5. The van der Waals surface area contributed by atoms with E-state index in [4.69, 9.17) is 10.2 Å².